The minimum atomic E-state index is -1.42. The van der Waals surface area contributed by atoms with Crippen LogP contribution in [0.3, 0.4) is 0 Å². The maximum atomic E-state index is 10.6. The summed E-state index contributed by atoms with van der Waals surface area (Å²) < 4.78 is 9.49. The van der Waals surface area contributed by atoms with Crippen LogP contribution in [0.5, 0.6) is 0 Å². The smallest absolute Gasteiger partial charge is 0.222 e. The van der Waals surface area contributed by atoms with Crippen molar-refractivity contribution >= 4 is 11.6 Å². The molecule has 1 fully saturated rings. The molecule has 0 bridgehead atoms. The van der Waals surface area contributed by atoms with Gasteiger partial charge in [-0.05, 0) is 6.08 Å². The van der Waals surface area contributed by atoms with Crippen molar-refractivity contribution in [2.75, 3.05) is 26.4 Å². The molecule has 0 aliphatic carbocycles. The number of carbonyl (C=O) groups is 2. The zero-order valence-electron chi connectivity index (χ0n) is 11.6. The van der Waals surface area contributed by atoms with Crippen LogP contribution >= 0.6 is 0 Å². The topological polar surface area (TPSA) is 185 Å². The highest BCUT2D eigenvalue weighted by Crippen LogP contribution is 2.11. The molecule has 0 amide bonds. The minimum absolute atomic E-state index is 0. The van der Waals surface area contributed by atoms with Crippen molar-refractivity contribution in [2.45, 2.75) is 24.4 Å². The van der Waals surface area contributed by atoms with Gasteiger partial charge in [0.05, 0.1) is 13.2 Å². The SMILES string of the molecule is O.O=C1CO[C@H](CO)C(O)[C@@H]1O.O=C1CO[C@H](CO)C=C1O. The van der Waals surface area contributed by atoms with Crippen LogP contribution in [0.2, 0.25) is 0 Å². The first-order chi connectivity index (χ1) is 9.90. The van der Waals surface area contributed by atoms with E-state index < -0.39 is 42.6 Å². The number of hydrogen-bond acceptors (Lipinski definition) is 9. The van der Waals surface area contributed by atoms with Crippen molar-refractivity contribution in [3.05, 3.63) is 11.8 Å². The fraction of sp³-hybridized carbons (Fsp3) is 0.667. The third kappa shape index (κ3) is 5.42. The molecule has 0 radical (unpaired) electrons. The van der Waals surface area contributed by atoms with Gasteiger partial charge in [-0.2, -0.15) is 0 Å². The summed E-state index contributed by atoms with van der Waals surface area (Å²) in [6.07, 6.45) is -2.89. The third-order valence-corrected chi connectivity index (χ3v) is 2.89. The largest absolute Gasteiger partial charge is 0.504 e. The van der Waals surface area contributed by atoms with Gasteiger partial charge in [-0.1, -0.05) is 0 Å². The number of carbonyl (C=O) groups excluding carboxylic acids is 2. The predicted molar refractivity (Wildman–Crippen MR) is 70.0 cm³/mol. The highest BCUT2D eigenvalue weighted by atomic mass is 16.5. The Kier molecular flexibility index (Phi) is 8.97. The van der Waals surface area contributed by atoms with E-state index in [-0.39, 0.29) is 31.1 Å². The van der Waals surface area contributed by atoms with E-state index in [0.29, 0.717) is 0 Å². The van der Waals surface area contributed by atoms with E-state index in [1.54, 1.807) is 0 Å². The lowest BCUT2D eigenvalue weighted by Crippen LogP contribution is -2.51. The Balaban J connectivity index is 0.000000385. The van der Waals surface area contributed by atoms with Crippen molar-refractivity contribution in [1.29, 1.82) is 0 Å². The quantitative estimate of drug-likeness (QED) is 0.340. The van der Waals surface area contributed by atoms with Gasteiger partial charge in [-0.25, -0.2) is 0 Å². The molecule has 10 heteroatoms. The molecule has 2 aliphatic rings. The lowest BCUT2D eigenvalue weighted by atomic mass is 10.0. The van der Waals surface area contributed by atoms with Gasteiger partial charge in [0.2, 0.25) is 5.78 Å². The highest BCUT2D eigenvalue weighted by molar-refractivity contribution is 5.94. The first kappa shape index (κ1) is 20.6. The molecular weight excluding hydrogens is 304 g/mol. The molecule has 0 saturated carbocycles. The van der Waals surface area contributed by atoms with Crippen molar-refractivity contribution in [3.8, 4) is 0 Å². The summed E-state index contributed by atoms with van der Waals surface area (Å²) in [5.41, 5.74) is 0. The lowest BCUT2D eigenvalue weighted by molar-refractivity contribution is -0.170. The Labute approximate surface area is 125 Å². The average Bonchev–Trinajstić information content (AvgIpc) is 2.48. The summed E-state index contributed by atoms with van der Waals surface area (Å²) in [5.74, 6) is -1.31. The van der Waals surface area contributed by atoms with E-state index in [1.807, 2.05) is 0 Å². The molecule has 128 valence electrons. The molecule has 0 aromatic rings. The van der Waals surface area contributed by atoms with Crippen LogP contribution < -0.4 is 0 Å². The van der Waals surface area contributed by atoms with Gasteiger partial charge in [-0.3, -0.25) is 9.59 Å². The Morgan fingerprint density at radius 1 is 1.09 bits per heavy atom. The second-order valence-corrected chi connectivity index (χ2v) is 4.44. The summed E-state index contributed by atoms with van der Waals surface area (Å²) in [4.78, 5) is 21.2. The van der Waals surface area contributed by atoms with Crippen LogP contribution in [0.1, 0.15) is 0 Å². The number of aliphatic hydroxyl groups excluding tert-OH is 5. The van der Waals surface area contributed by atoms with Crippen LogP contribution in [0.15, 0.2) is 11.8 Å². The molecule has 1 saturated heterocycles. The predicted octanol–water partition coefficient (Wildman–Crippen LogP) is -3.77. The fourth-order valence-corrected chi connectivity index (χ4v) is 1.61. The Hall–Kier alpha value is -1.40. The van der Waals surface area contributed by atoms with Gasteiger partial charge in [0.25, 0.3) is 0 Å². The van der Waals surface area contributed by atoms with E-state index in [1.165, 1.54) is 6.08 Å². The summed E-state index contributed by atoms with van der Waals surface area (Å²) in [5, 5.41) is 43.9. The lowest BCUT2D eigenvalue weighted by Gasteiger charge is -2.29. The van der Waals surface area contributed by atoms with Crippen LogP contribution in [-0.4, -0.2) is 93.4 Å². The Morgan fingerprint density at radius 3 is 2.23 bits per heavy atom. The van der Waals surface area contributed by atoms with Crippen molar-refractivity contribution in [1.82, 2.24) is 0 Å². The summed E-state index contributed by atoms with van der Waals surface area (Å²) in [6.45, 7) is -1.00. The molecule has 2 aliphatic heterocycles. The molecular formula is C12H20O10. The van der Waals surface area contributed by atoms with Gasteiger partial charge in [0.15, 0.2) is 11.5 Å². The van der Waals surface area contributed by atoms with Crippen LogP contribution in [-0.2, 0) is 19.1 Å². The molecule has 2 rings (SSSR count). The maximum absolute atomic E-state index is 10.6. The molecule has 0 aromatic heterocycles. The normalized spacial score (nSPS) is 31.5. The molecule has 0 aromatic carbocycles. The number of aliphatic hydroxyl groups is 5. The van der Waals surface area contributed by atoms with Gasteiger partial charge in [-0.15, -0.1) is 0 Å². The molecule has 4 atom stereocenters. The molecule has 10 nitrogen and oxygen atoms in total. The zero-order valence-corrected chi connectivity index (χ0v) is 11.6. The molecule has 1 unspecified atom stereocenters. The van der Waals surface area contributed by atoms with Gasteiger partial charge < -0.3 is 40.5 Å². The number of ketones is 2. The summed E-state index contributed by atoms with van der Waals surface area (Å²) >= 11 is 0. The number of rotatable bonds is 2. The van der Waals surface area contributed by atoms with Crippen LogP contribution in [0.25, 0.3) is 0 Å². The second kappa shape index (κ2) is 9.58. The summed E-state index contributed by atoms with van der Waals surface area (Å²) in [7, 11) is 0. The third-order valence-electron chi connectivity index (χ3n) is 2.89. The second-order valence-electron chi connectivity index (χ2n) is 4.44. The van der Waals surface area contributed by atoms with Crippen LogP contribution in [0.4, 0.5) is 0 Å². The Morgan fingerprint density at radius 2 is 1.73 bits per heavy atom. The number of hydrogen-bond donors (Lipinski definition) is 5. The van der Waals surface area contributed by atoms with Crippen molar-refractivity contribution < 1.29 is 50.1 Å². The maximum Gasteiger partial charge on any atom is 0.222 e. The molecule has 2 heterocycles. The standard InChI is InChI=1S/C6H10O5.C6H8O4.H2O/c7-1-4-6(10)5(9)3(8)2-11-4;7-2-4-1-5(8)6(9)3-10-4;/h4-7,9-10H,1-2H2;1,4,7-8H,2-3H2;1H2/t4-,5-,6?;4-;/m10./s1. The molecule has 7 N–H and O–H groups in total. The number of ether oxygens (including phenoxy) is 2. The first-order valence-electron chi connectivity index (χ1n) is 6.18. The Bertz CT molecular complexity index is 407. The van der Waals surface area contributed by atoms with E-state index in [9.17, 15) is 9.59 Å². The van der Waals surface area contributed by atoms with Crippen molar-refractivity contribution in [3.63, 3.8) is 0 Å². The first-order valence-corrected chi connectivity index (χ1v) is 6.18. The van der Waals surface area contributed by atoms with Gasteiger partial charge >= 0.3 is 0 Å². The summed E-state index contributed by atoms with van der Waals surface area (Å²) in [6, 6.07) is 0. The van der Waals surface area contributed by atoms with Gasteiger partial charge in [0, 0.05) is 0 Å². The zero-order chi connectivity index (χ0) is 16.0. The fourth-order valence-electron chi connectivity index (χ4n) is 1.61. The molecule has 22 heavy (non-hydrogen) atoms. The van der Waals surface area contributed by atoms with E-state index >= 15 is 0 Å². The monoisotopic (exact) mass is 324 g/mol. The van der Waals surface area contributed by atoms with Crippen molar-refractivity contribution in [2.24, 2.45) is 0 Å². The van der Waals surface area contributed by atoms with E-state index in [0.717, 1.165) is 0 Å². The van der Waals surface area contributed by atoms with E-state index in [4.69, 9.17) is 35.0 Å². The van der Waals surface area contributed by atoms with Gasteiger partial charge in [0.1, 0.15) is 37.6 Å². The molecule has 0 spiro atoms. The number of Topliss-reactive ketones (excluding diaryl/α,β-unsaturated/α-hetero) is 2. The average molecular weight is 324 g/mol. The van der Waals surface area contributed by atoms with E-state index in [2.05, 4.69) is 0 Å². The van der Waals surface area contributed by atoms with Crippen LogP contribution in [0, 0.1) is 0 Å². The highest BCUT2D eigenvalue weighted by Gasteiger charge is 2.36. The minimum Gasteiger partial charge on any atom is -0.504 e.